The predicted octanol–water partition coefficient (Wildman–Crippen LogP) is 2.92. The lowest BCUT2D eigenvalue weighted by Gasteiger charge is -2.05. The van der Waals surface area contributed by atoms with Crippen molar-refractivity contribution in [1.82, 2.24) is 0 Å². The number of nitrogens with two attached hydrogens (primary N) is 1. The molecule has 0 unspecified atom stereocenters. The van der Waals surface area contributed by atoms with E-state index in [1.165, 1.54) is 11.1 Å². The summed E-state index contributed by atoms with van der Waals surface area (Å²) in [4.78, 5) is 0. The Labute approximate surface area is 73.9 Å². The fraction of sp³-hybridized carbons (Fsp3) is 0.273. The van der Waals surface area contributed by atoms with Crippen LogP contribution in [0.1, 0.15) is 23.6 Å². The Bertz CT molecular complexity index is 311. The molecule has 0 fully saturated rings. The first-order chi connectivity index (χ1) is 5.65. The van der Waals surface area contributed by atoms with Gasteiger partial charge in [0, 0.05) is 5.69 Å². The number of anilines is 1. The first-order valence-corrected chi connectivity index (χ1v) is 4.14. The van der Waals surface area contributed by atoms with E-state index < -0.39 is 0 Å². The van der Waals surface area contributed by atoms with Gasteiger partial charge >= 0.3 is 0 Å². The van der Waals surface area contributed by atoms with Crippen LogP contribution in [0.5, 0.6) is 0 Å². The molecule has 0 aliphatic heterocycles. The molecule has 2 N–H and O–H groups in total. The van der Waals surface area contributed by atoms with Crippen LogP contribution in [0, 0.1) is 13.8 Å². The van der Waals surface area contributed by atoms with Crippen molar-refractivity contribution >= 4 is 11.8 Å². The molecule has 0 atom stereocenters. The highest BCUT2D eigenvalue weighted by Crippen LogP contribution is 2.18. The van der Waals surface area contributed by atoms with E-state index in [4.69, 9.17) is 5.73 Å². The van der Waals surface area contributed by atoms with Gasteiger partial charge < -0.3 is 5.73 Å². The molecular formula is C11H15N. The Morgan fingerprint density at radius 2 is 1.75 bits per heavy atom. The van der Waals surface area contributed by atoms with Crippen LogP contribution in [-0.4, -0.2) is 0 Å². The van der Waals surface area contributed by atoms with E-state index in [-0.39, 0.29) is 0 Å². The van der Waals surface area contributed by atoms with Crippen molar-refractivity contribution in [2.45, 2.75) is 20.8 Å². The third-order valence-electron chi connectivity index (χ3n) is 2.05. The van der Waals surface area contributed by atoms with Gasteiger partial charge in [-0.2, -0.15) is 0 Å². The Kier molecular flexibility index (Phi) is 2.54. The number of nitrogen functional groups attached to an aromatic ring is 1. The average molecular weight is 161 g/mol. The molecule has 1 aromatic carbocycles. The number of hydrogen-bond donors (Lipinski definition) is 1. The monoisotopic (exact) mass is 161 g/mol. The number of hydrogen-bond acceptors (Lipinski definition) is 1. The number of allylic oxidation sites excluding steroid dienone is 1. The van der Waals surface area contributed by atoms with Crippen molar-refractivity contribution in [1.29, 1.82) is 0 Å². The summed E-state index contributed by atoms with van der Waals surface area (Å²) < 4.78 is 0. The minimum atomic E-state index is 0.858. The van der Waals surface area contributed by atoms with E-state index >= 15 is 0 Å². The molecule has 0 aromatic heterocycles. The second-order valence-electron chi connectivity index (χ2n) is 3.07. The molecule has 1 aromatic rings. The molecule has 0 saturated heterocycles. The van der Waals surface area contributed by atoms with Crippen molar-refractivity contribution in [2.75, 3.05) is 5.73 Å². The molecular weight excluding hydrogens is 146 g/mol. The molecule has 0 bridgehead atoms. The molecule has 64 valence electrons. The smallest absolute Gasteiger partial charge is 0.0390 e. The lowest BCUT2D eigenvalue weighted by Crippen LogP contribution is -1.92. The van der Waals surface area contributed by atoms with Gasteiger partial charge in [0.05, 0.1) is 0 Å². The molecule has 1 rings (SSSR count). The van der Waals surface area contributed by atoms with Crippen molar-refractivity contribution in [3.05, 3.63) is 34.9 Å². The maximum Gasteiger partial charge on any atom is 0.0390 e. The van der Waals surface area contributed by atoms with Crippen molar-refractivity contribution < 1.29 is 0 Å². The number of benzene rings is 1. The normalized spacial score (nSPS) is 10.9. The van der Waals surface area contributed by atoms with Crippen LogP contribution < -0.4 is 5.73 Å². The van der Waals surface area contributed by atoms with Crippen molar-refractivity contribution in [2.24, 2.45) is 0 Å². The standard InChI is InChI=1S/C11H15N/c1-4-5-10-6-8(2)9(3)7-11(10)12/h4-7H,12H2,1-3H3/b5-4-. The highest BCUT2D eigenvalue weighted by Gasteiger charge is 1.98. The topological polar surface area (TPSA) is 26.0 Å². The zero-order valence-corrected chi connectivity index (χ0v) is 7.89. The van der Waals surface area contributed by atoms with Crippen LogP contribution in [0.4, 0.5) is 5.69 Å². The van der Waals surface area contributed by atoms with E-state index in [2.05, 4.69) is 19.9 Å². The Hall–Kier alpha value is -1.24. The zero-order chi connectivity index (χ0) is 9.14. The third kappa shape index (κ3) is 1.67. The minimum absolute atomic E-state index is 0.858. The van der Waals surface area contributed by atoms with E-state index in [0.717, 1.165) is 11.3 Å². The van der Waals surface area contributed by atoms with Crippen LogP contribution in [0.15, 0.2) is 18.2 Å². The maximum atomic E-state index is 5.83. The summed E-state index contributed by atoms with van der Waals surface area (Å²) in [5.74, 6) is 0. The molecule has 0 aliphatic rings. The van der Waals surface area contributed by atoms with Gasteiger partial charge in [-0.25, -0.2) is 0 Å². The highest BCUT2D eigenvalue weighted by molar-refractivity contribution is 5.66. The predicted molar refractivity (Wildman–Crippen MR) is 55.0 cm³/mol. The number of rotatable bonds is 1. The molecule has 12 heavy (non-hydrogen) atoms. The summed E-state index contributed by atoms with van der Waals surface area (Å²) in [7, 11) is 0. The SMILES string of the molecule is C/C=C\c1cc(C)c(C)cc1N. The lowest BCUT2D eigenvalue weighted by atomic mass is 10.0. The molecule has 1 nitrogen and oxygen atoms in total. The summed E-state index contributed by atoms with van der Waals surface area (Å²) in [6.07, 6.45) is 4.03. The van der Waals surface area contributed by atoms with Gasteiger partial charge in [-0.05, 0) is 49.6 Å². The summed E-state index contributed by atoms with van der Waals surface area (Å²) in [5.41, 5.74) is 10.3. The zero-order valence-electron chi connectivity index (χ0n) is 7.89. The van der Waals surface area contributed by atoms with Crippen molar-refractivity contribution in [3.63, 3.8) is 0 Å². The molecule has 0 radical (unpaired) electrons. The fourth-order valence-electron chi connectivity index (χ4n) is 1.18. The summed E-state index contributed by atoms with van der Waals surface area (Å²) in [5, 5.41) is 0. The van der Waals surface area contributed by atoms with E-state index in [0.29, 0.717) is 0 Å². The largest absolute Gasteiger partial charge is 0.398 e. The fourth-order valence-corrected chi connectivity index (χ4v) is 1.18. The molecule has 0 saturated carbocycles. The molecule has 1 heteroatoms. The molecule has 0 heterocycles. The van der Waals surface area contributed by atoms with Gasteiger partial charge in [0.1, 0.15) is 0 Å². The van der Waals surface area contributed by atoms with E-state index in [1.54, 1.807) is 0 Å². The second-order valence-corrected chi connectivity index (χ2v) is 3.07. The molecule has 0 spiro atoms. The number of aryl methyl sites for hydroxylation is 2. The van der Waals surface area contributed by atoms with E-state index in [1.807, 2.05) is 25.1 Å². The van der Waals surface area contributed by atoms with Gasteiger partial charge in [0.25, 0.3) is 0 Å². The van der Waals surface area contributed by atoms with Crippen LogP contribution in [0.2, 0.25) is 0 Å². The van der Waals surface area contributed by atoms with Gasteiger partial charge in [-0.1, -0.05) is 12.2 Å². The van der Waals surface area contributed by atoms with Crippen LogP contribution >= 0.6 is 0 Å². The summed E-state index contributed by atoms with van der Waals surface area (Å²) in [6, 6.07) is 4.13. The van der Waals surface area contributed by atoms with Gasteiger partial charge in [-0.15, -0.1) is 0 Å². The Morgan fingerprint density at radius 1 is 1.17 bits per heavy atom. The second kappa shape index (κ2) is 3.44. The van der Waals surface area contributed by atoms with Gasteiger partial charge in [0.2, 0.25) is 0 Å². The van der Waals surface area contributed by atoms with E-state index in [9.17, 15) is 0 Å². The Balaban J connectivity index is 3.23. The van der Waals surface area contributed by atoms with Crippen LogP contribution in [0.3, 0.4) is 0 Å². The van der Waals surface area contributed by atoms with Gasteiger partial charge in [-0.3, -0.25) is 0 Å². The highest BCUT2D eigenvalue weighted by atomic mass is 14.6. The maximum absolute atomic E-state index is 5.83. The molecule has 0 aliphatic carbocycles. The molecule has 0 amide bonds. The third-order valence-corrected chi connectivity index (χ3v) is 2.05. The van der Waals surface area contributed by atoms with Crippen molar-refractivity contribution in [3.8, 4) is 0 Å². The Morgan fingerprint density at radius 3 is 2.33 bits per heavy atom. The van der Waals surface area contributed by atoms with Crippen LogP contribution in [-0.2, 0) is 0 Å². The first-order valence-electron chi connectivity index (χ1n) is 4.14. The van der Waals surface area contributed by atoms with Crippen LogP contribution in [0.25, 0.3) is 6.08 Å². The first kappa shape index (κ1) is 8.85. The summed E-state index contributed by atoms with van der Waals surface area (Å²) in [6.45, 7) is 6.17. The van der Waals surface area contributed by atoms with Gasteiger partial charge in [0.15, 0.2) is 0 Å². The lowest BCUT2D eigenvalue weighted by molar-refractivity contribution is 1.34. The minimum Gasteiger partial charge on any atom is -0.398 e. The summed E-state index contributed by atoms with van der Waals surface area (Å²) >= 11 is 0. The average Bonchev–Trinajstić information content (AvgIpc) is 2.01. The quantitative estimate of drug-likeness (QED) is 0.630.